The smallest absolute Gasteiger partial charge is 0.309 e. The largest absolute Gasteiger partial charge is 0.461 e. The third-order valence-electron chi connectivity index (χ3n) is 1.62. The van der Waals surface area contributed by atoms with Gasteiger partial charge in [0.1, 0.15) is 10.0 Å². The predicted octanol–water partition coefficient (Wildman–Crippen LogP) is 2.56. The number of benzene rings is 1. The summed E-state index contributed by atoms with van der Waals surface area (Å²) in [5.41, 5.74) is 0.953. The molecule has 0 saturated heterocycles. The van der Waals surface area contributed by atoms with Crippen LogP contribution in [0.15, 0.2) is 30.3 Å². The van der Waals surface area contributed by atoms with Gasteiger partial charge in [0.2, 0.25) is 0 Å². The fraction of sp³-hybridized carbons (Fsp3) is 0.300. The number of rotatable bonds is 4. The Morgan fingerprint density at radius 2 is 1.80 bits per heavy atom. The minimum absolute atomic E-state index is 0.0508. The third-order valence-corrected chi connectivity index (χ3v) is 2.10. The average molecular weight is 260 g/mol. The van der Waals surface area contributed by atoms with E-state index in [-0.39, 0.29) is 19.0 Å². The second kappa shape index (κ2) is 5.72. The summed E-state index contributed by atoms with van der Waals surface area (Å²) in [6.45, 7) is 0.269. The van der Waals surface area contributed by atoms with Gasteiger partial charge in [0, 0.05) is 0 Å². The first kappa shape index (κ1) is 12.8. The molecule has 0 saturated carbocycles. The molecule has 0 atom stereocenters. The van der Waals surface area contributed by atoms with Crippen LogP contribution in [0.4, 0.5) is 0 Å². The molecule has 5 heteroatoms. The highest BCUT2D eigenvalue weighted by molar-refractivity contribution is 8.17. The Hall–Kier alpha value is -0.260. The van der Waals surface area contributed by atoms with Gasteiger partial charge in [-0.15, -0.1) is 0 Å². The van der Waals surface area contributed by atoms with Crippen LogP contribution < -0.4 is 0 Å². The molecule has 0 heterocycles. The average Bonchev–Trinajstić information content (AvgIpc) is 2.14. The zero-order valence-corrected chi connectivity index (χ0v) is 10.6. The first-order valence-electron chi connectivity index (χ1n) is 4.34. The summed E-state index contributed by atoms with van der Waals surface area (Å²) in [4.78, 5) is 11.3. The van der Waals surface area contributed by atoms with Gasteiger partial charge in [-0.05, 0) is 5.56 Å². The van der Waals surface area contributed by atoms with E-state index in [0.29, 0.717) is 0 Å². The van der Waals surface area contributed by atoms with E-state index < -0.39 is 3.41 Å². The molecular formula is C10H12O2S3. The molecule has 0 bridgehead atoms. The van der Waals surface area contributed by atoms with Crippen molar-refractivity contribution in [1.82, 2.24) is 0 Å². The summed E-state index contributed by atoms with van der Waals surface area (Å²) in [5.74, 6) is -0.362. The van der Waals surface area contributed by atoms with Gasteiger partial charge in [-0.3, -0.25) is 4.79 Å². The molecule has 1 aromatic carbocycles. The topological polar surface area (TPSA) is 26.3 Å². The maximum atomic E-state index is 11.3. The van der Waals surface area contributed by atoms with Gasteiger partial charge in [-0.1, -0.05) is 30.3 Å². The molecule has 0 aliphatic heterocycles. The van der Waals surface area contributed by atoms with Crippen LogP contribution in [-0.4, -0.2) is 9.38 Å². The standard InChI is InChI=1S/C10H12O2S3/c11-9(6-10(13,14)15)12-7-8-4-2-1-3-5-8/h1-5,13-15H,6-7H2. The normalized spacial score (nSPS) is 11.1. The summed E-state index contributed by atoms with van der Waals surface area (Å²) in [6, 6.07) is 9.48. The van der Waals surface area contributed by atoms with Crippen molar-refractivity contribution >= 4 is 43.9 Å². The molecule has 0 amide bonds. The maximum absolute atomic E-state index is 11.3. The second-order valence-corrected chi connectivity index (χ2v) is 6.45. The van der Waals surface area contributed by atoms with Crippen molar-refractivity contribution in [2.75, 3.05) is 0 Å². The van der Waals surface area contributed by atoms with Crippen LogP contribution in [0.25, 0.3) is 0 Å². The first-order valence-corrected chi connectivity index (χ1v) is 5.68. The van der Waals surface area contributed by atoms with E-state index in [2.05, 4.69) is 37.9 Å². The van der Waals surface area contributed by atoms with Crippen LogP contribution in [0.2, 0.25) is 0 Å². The molecule has 1 rings (SSSR count). The number of carbonyl (C=O) groups is 1. The Labute approximate surface area is 106 Å². The minimum Gasteiger partial charge on any atom is -0.461 e. The van der Waals surface area contributed by atoms with Crippen LogP contribution in [0.1, 0.15) is 12.0 Å². The molecule has 0 radical (unpaired) electrons. The van der Waals surface area contributed by atoms with Gasteiger partial charge in [0.15, 0.2) is 0 Å². The SMILES string of the molecule is O=C(CC(S)(S)S)OCc1ccccc1. The van der Waals surface area contributed by atoms with E-state index in [0.717, 1.165) is 5.56 Å². The summed E-state index contributed by atoms with van der Waals surface area (Å²) < 4.78 is 4.10. The van der Waals surface area contributed by atoms with E-state index in [4.69, 9.17) is 4.74 Å². The summed E-state index contributed by atoms with van der Waals surface area (Å²) in [7, 11) is 0. The lowest BCUT2D eigenvalue weighted by Crippen LogP contribution is -2.14. The van der Waals surface area contributed by atoms with Gasteiger partial charge in [0.05, 0.1) is 6.42 Å². The first-order chi connectivity index (χ1) is 6.97. The molecule has 1 aromatic rings. The van der Waals surface area contributed by atoms with Crippen molar-refractivity contribution in [3.8, 4) is 0 Å². The van der Waals surface area contributed by atoms with Crippen LogP contribution >= 0.6 is 37.9 Å². The van der Waals surface area contributed by atoms with Crippen molar-refractivity contribution in [3.05, 3.63) is 35.9 Å². The van der Waals surface area contributed by atoms with E-state index in [9.17, 15) is 4.79 Å². The van der Waals surface area contributed by atoms with Crippen LogP contribution in [0.5, 0.6) is 0 Å². The molecule has 82 valence electrons. The number of carbonyl (C=O) groups excluding carboxylic acids is 1. The summed E-state index contributed by atoms with van der Waals surface area (Å²) in [6.07, 6.45) is 0.0508. The Morgan fingerprint density at radius 3 is 2.33 bits per heavy atom. The van der Waals surface area contributed by atoms with Crippen molar-refractivity contribution in [1.29, 1.82) is 0 Å². The monoisotopic (exact) mass is 260 g/mol. The van der Waals surface area contributed by atoms with E-state index in [1.165, 1.54) is 0 Å². The Morgan fingerprint density at radius 1 is 1.20 bits per heavy atom. The lowest BCUT2D eigenvalue weighted by atomic mass is 10.2. The number of hydrogen-bond donors (Lipinski definition) is 3. The Bertz CT molecular complexity index is 319. The molecule has 0 N–H and O–H groups in total. The number of esters is 1. The van der Waals surface area contributed by atoms with Crippen molar-refractivity contribution in [2.45, 2.75) is 16.4 Å². The van der Waals surface area contributed by atoms with Crippen molar-refractivity contribution in [2.24, 2.45) is 0 Å². The Balaban J connectivity index is 2.35. The Kier molecular flexibility index (Phi) is 4.89. The van der Waals surface area contributed by atoms with Crippen LogP contribution in [0, 0.1) is 0 Å². The van der Waals surface area contributed by atoms with E-state index >= 15 is 0 Å². The fourth-order valence-electron chi connectivity index (χ4n) is 0.983. The summed E-state index contributed by atoms with van der Waals surface area (Å²) in [5, 5.41) is 0. The zero-order chi connectivity index (χ0) is 11.3. The highest BCUT2D eigenvalue weighted by Gasteiger charge is 2.20. The predicted molar refractivity (Wildman–Crippen MR) is 70.5 cm³/mol. The number of ether oxygens (including phenoxy) is 1. The van der Waals surface area contributed by atoms with Gasteiger partial charge in [-0.25, -0.2) is 0 Å². The van der Waals surface area contributed by atoms with Crippen molar-refractivity contribution in [3.63, 3.8) is 0 Å². The molecular weight excluding hydrogens is 248 g/mol. The van der Waals surface area contributed by atoms with E-state index in [1.807, 2.05) is 30.3 Å². The lowest BCUT2D eigenvalue weighted by molar-refractivity contribution is -0.144. The molecule has 0 aliphatic rings. The molecule has 0 aromatic heterocycles. The second-order valence-electron chi connectivity index (χ2n) is 3.10. The highest BCUT2D eigenvalue weighted by Crippen LogP contribution is 2.28. The summed E-state index contributed by atoms with van der Waals surface area (Å²) >= 11 is 12.0. The fourth-order valence-corrected chi connectivity index (χ4v) is 1.37. The molecule has 0 spiro atoms. The lowest BCUT2D eigenvalue weighted by Gasteiger charge is -2.13. The van der Waals surface area contributed by atoms with Gasteiger partial charge < -0.3 is 4.74 Å². The van der Waals surface area contributed by atoms with E-state index in [1.54, 1.807) is 0 Å². The maximum Gasteiger partial charge on any atom is 0.309 e. The molecule has 15 heavy (non-hydrogen) atoms. The van der Waals surface area contributed by atoms with Gasteiger partial charge in [0.25, 0.3) is 0 Å². The van der Waals surface area contributed by atoms with Gasteiger partial charge >= 0.3 is 5.97 Å². The van der Waals surface area contributed by atoms with Crippen LogP contribution in [-0.2, 0) is 16.1 Å². The number of thiol groups is 3. The molecule has 0 aliphatic carbocycles. The highest BCUT2D eigenvalue weighted by atomic mass is 32.2. The quantitative estimate of drug-likeness (QED) is 0.441. The minimum atomic E-state index is -0.923. The number of hydrogen-bond acceptors (Lipinski definition) is 5. The van der Waals surface area contributed by atoms with Crippen LogP contribution in [0.3, 0.4) is 0 Å². The zero-order valence-electron chi connectivity index (χ0n) is 7.96. The van der Waals surface area contributed by atoms with Gasteiger partial charge in [-0.2, -0.15) is 37.9 Å². The van der Waals surface area contributed by atoms with Crippen molar-refractivity contribution < 1.29 is 9.53 Å². The molecule has 2 nitrogen and oxygen atoms in total. The molecule has 0 fully saturated rings. The third kappa shape index (κ3) is 6.02. The molecule has 0 unspecified atom stereocenters.